The molecule has 0 bridgehead atoms. The number of hydrogen-bond donors (Lipinski definition) is 0. The van der Waals surface area contributed by atoms with Crippen molar-refractivity contribution in [3.8, 4) is 11.5 Å². The Morgan fingerprint density at radius 1 is 1.29 bits per heavy atom. The number of fused-ring (bicyclic) bond motifs is 1. The van der Waals surface area contributed by atoms with E-state index in [1.165, 1.54) is 0 Å². The van der Waals surface area contributed by atoms with E-state index in [-0.39, 0.29) is 11.4 Å². The molecule has 3 rings (SSSR count). The first-order chi connectivity index (χ1) is 10.0. The van der Waals surface area contributed by atoms with E-state index < -0.39 is 0 Å². The summed E-state index contributed by atoms with van der Waals surface area (Å²) in [7, 11) is 1.63. The molecule has 0 unspecified atom stereocenters. The molecule has 21 heavy (non-hydrogen) atoms. The third-order valence-corrected chi connectivity index (χ3v) is 5.18. The van der Waals surface area contributed by atoms with Crippen molar-refractivity contribution in [3.63, 3.8) is 0 Å². The molecule has 2 aliphatic rings. The first-order valence-corrected chi connectivity index (χ1v) is 7.93. The zero-order valence-electron chi connectivity index (χ0n) is 13.1. The molecule has 0 radical (unpaired) electrons. The third kappa shape index (κ3) is 2.66. The van der Waals surface area contributed by atoms with Crippen LogP contribution in [0.15, 0.2) is 18.2 Å². The third-order valence-electron chi connectivity index (χ3n) is 5.18. The van der Waals surface area contributed by atoms with Crippen LogP contribution in [0.2, 0.25) is 0 Å². The molecule has 3 heteroatoms. The smallest absolute Gasteiger partial charge is 0.170 e. The summed E-state index contributed by atoms with van der Waals surface area (Å²) in [5.41, 5.74) is 0.425. The normalized spacial score (nSPS) is 28.4. The van der Waals surface area contributed by atoms with Gasteiger partial charge in [-0.05, 0) is 49.7 Å². The van der Waals surface area contributed by atoms with Crippen LogP contribution in [0.4, 0.5) is 0 Å². The Balaban J connectivity index is 1.83. The predicted octanol–water partition coefficient (Wildman–Crippen LogP) is 4.25. The van der Waals surface area contributed by atoms with E-state index in [0.717, 1.165) is 37.4 Å². The van der Waals surface area contributed by atoms with E-state index in [0.29, 0.717) is 23.7 Å². The van der Waals surface area contributed by atoms with Crippen LogP contribution >= 0.6 is 0 Å². The maximum atomic E-state index is 12.5. The van der Waals surface area contributed by atoms with Crippen molar-refractivity contribution >= 4 is 5.78 Å². The van der Waals surface area contributed by atoms with Crippen molar-refractivity contribution in [2.24, 2.45) is 11.8 Å². The number of hydrogen-bond acceptors (Lipinski definition) is 3. The number of carbonyl (C=O) groups is 1. The summed E-state index contributed by atoms with van der Waals surface area (Å²) in [6.45, 7) is 4.57. The van der Waals surface area contributed by atoms with Crippen LogP contribution < -0.4 is 9.47 Å². The van der Waals surface area contributed by atoms with Gasteiger partial charge in [0.15, 0.2) is 5.78 Å². The molecule has 1 aliphatic carbocycles. The Morgan fingerprint density at radius 3 is 2.62 bits per heavy atom. The summed E-state index contributed by atoms with van der Waals surface area (Å²) in [5.74, 6) is 3.14. The minimum absolute atomic E-state index is 0.210. The Hall–Kier alpha value is -1.51. The van der Waals surface area contributed by atoms with Gasteiger partial charge >= 0.3 is 0 Å². The molecule has 1 aromatic rings. The second-order valence-electron chi connectivity index (χ2n) is 6.83. The Labute approximate surface area is 126 Å². The largest absolute Gasteiger partial charge is 0.497 e. The van der Waals surface area contributed by atoms with Gasteiger partial charge < -0.3 is 9.47 Å². The van der Waals surface area contributed by atoms with Gasteiger partial charge in [-0.25, -0.2) is 0 Å². The summed E-state index contributed by atoms with van der Waals surface area (Å²) in [6, 6.07) is 5.50. The van der Waals surface area contributed by atoms with Gasteiger partial charge in [0.2, 0.25) is 0 Å². The van der Waals surface area contributed by atoms with E-state index in [4.69, 9.17) is 9.47 Å². The molecule has 1 heterocycles. The molecular weight excluding hydrogens is 264 g/mol. The van der Waals surface area contributed by atoms with E-state index in [1.54, 1.807) is 7.11 Å². The lowest BCUT2D eigenvalue weighted by Gasteiger charge is -2.43. The standard InChI is InChI=1S/C18H24O3/c1-12(2)13-6-8-18(9-7-13)11-16(19)15-5-4-14(20-3)10-17(15)21-18/h4-5,10,12-13H,6-9,11H2,1-3H3. The van der Waals surface area contributed by atoms with Crippen LogP contribution in [0.3, 0.4) is 0 Å². The topological polar surface area (TPSA) is 35.5 Å². The summed E-state index contributed by atoms with van der Waals surface area (Å²) < 4.78 is 11.5. The quantitative estimate of drug-likeness (QED) is 0.816. The molecular formula is C18H24O3. The monoisotopic (exact) mass is 288 g/mol. The molecule has 1 fully saturated rings. The van der Waals surface area contributed by atoms with Gasteiger partial charge in [-0.3, -0.25) is 4.79 Å². The highest BCUT2D eigenvalue weighted by atomic mass is 16.5. The summed E-state index contributed by atoms with van der Waals surface area (Å²) in [5, 5.41) is 0. The molecule has 0 saturated heterocycles. The first-order valence-electron chi connectivity index (χ1n) is 7.93. The lowest BCUT2D eigenvalue weighted by Crippen LogP contribution is -2.45. The Morgan fingerprint density at radius 2 is 2.00 bits per heavy atom. The van der Waals surface area contributed by atoms with Gasteiger partial charge in [0.25, 0.3) is 0 Å². The van der Waals surface area contributed by atoms with Crippen molar-refractivity contribution < 1.29 is 14.3 Å². The second kappa shape index (κ2) is 5.36. The molecule has 1 spiro atoms. The van der Waals surface area contributed by atoms with Gasteiger partial charge in [0.05, 0.1) is 19.1 Å². The number of rotatable bonds is 2. The highest BCUT2D eigenvalue weighted by molar-refractivity contribution is 6.00. The zero-order valence-corrected chi connectivity index (χ0v) is 13.1. The van der Waals surface area contributed by atoms with Gasteiger partial charge in [0.1, 0.15) is 17.1 Å². The van der Waals surface area contributed by atoms with Gasteiger partial charge in [0, 0.05) is 6.07 Å². The lowest BCUT2D eigenvalue weighted by molar-refractivity contribution is -0.00331. The summed E-state index contributed by atoms with van der Waals surface area (Å²) >= 11 is 0. The molecule has 0 atom stereocenters. The Bertz CT molecular complexity index is 539. The van der Waals surface area contributed by atoms with Crippen LogP contribution in [0.25, 0.3) is 0 Å². The first kappa shape index (κ1) is 14.4. The molecule has 0 N–H and O–H groups in total. The van der Waals surface area contributed by atoms with Crippen LogP contribution in [0.1, 0.15) is 56.3 Å². The van der Waals surface area contributed by atoms with Crippen molar-refractivity contribution in [2.75, 3.05) is 7.11 Å². The van der Waals surface area contributed by atoms with Crippen molar-refractivity contribution in [3.05, 3.63) is 23.8 Å². The highest BCUT2D eigenvalue weighted by Gasteiger charge is 2.43. The molecule has 0 aromatic heterocycles. The second-order valence-corrected chi connectivity index (χ2v) is 6.83. The molecule has 1 saturated carbocycles. The number of Topliss-reactive ketones (excluding diaryl/α,β-unsaturated/α-hetero) is 1. The molecule has 1 aliphatic heterocycles. The predicted molar refractivity (Wildman–Crippen MR) is 82.1 cm³/mol. The van der Waals surface area contributed by atoms with E-state index in [9.17, 15) is 4.79 Å². The molecule has 114 valence electrons. The lowest BCUT2D eigenvalue weighted by atomic mass is 9.71. The fourth-order valence-electron chi connectivity index (χ4n) is 3.71. The minimum atomic E-state index is -0.276. The zero-order chi connectivity index (χ0) is 15.0. The molecule has 1 aromatic carbocycles. The van der Waals surface area contributed by atoms with E-state index in [2.05, 4.69) is 13.8 Å². The van der Waals surface area contributed by atoms with Crippen molar-refractivity contribution in [1.82, 2.24) is 0 Å². The number of ketones is 1. The molecule has 3 nitrogen and oxygen atoms in total. The van der Waals surface area contributed by atoms with Crippen LogP contribution in [0, 0.1) is 11.8 Å². The molecule has 0 amide bonds. The SMILES string of the molecule is COc1ccc2c(c1)OC1(CCC(C(C)C)CC1)CC2=O. The van der Waals surface area contributed by atoms with Crippen LogP contribution in [0.5, 0.6) is 11.5 Å². The minimum Gasteiger partial charge on any atom is -0.497 e. The van der Waals surface area contributed by atoms with Gasteiger partial charge in [-0.2, -0.15) is 0 Å². The Kier molecular flexibility index (Phi) is 3.68. The average molecular weight is 288 g/mol. The number of methoxy groups -OCH3 is 1. The van der Waals surface area contributed by atoms with Crippen LogP contribution in [-0.4, -0.2) is 18.5 Å². The van der Waals surface area contributed by atoms with Gasteiger partial charge in [-0.15, -0.1) is 0 Å². The van der Waals surface area contributed by atoms with Crippen LogP contribution in [-0.2, 0) is 0 Å². The fraction of sp³-hybridized carbons (Fsp3) is 0.611. The van der Waals surface area contributed by atoms with E-state index in [1.807, 2.05) is 18.2 Å². The van der Waals surface area contributed by atoms with Gasteiger partial charge in [-0.1, -0.05) is 13.8 Å². The highest BCUT2D eigenvalue weighted by Crippen LogP contribution is 2.45. The van der Waals surface area contributed by atoms with Crippen molar-refractivity contribution in [2.45, 2.75) is 51.6 Å². The number of carbonyl (C=O) groups excluding carboxylic acids is 1. The maximum Gasteiger partial charge on any atom is 0.170 e. The maximum absolute atomic E-state index is 12.5. The average Bonchev–Trinajstić information content (AvgIpc) is 2.47. The number of benzene rings is 1. The number of ether oxygens (including phenoxy) is 2. The summed E-state index contributed by atoms with van der Waals surface area (Å²) in [4.78, 5) is 12.5. The van der Waals surface area contributed by atoms with E-state index >= 15 is 0 Å². The summed E-state index contributed by atoms with van der Waals surface area (Å²) in [6.07, 6.45) is 4.81. The van der Waals surface area contributed by atoms with Crippen molar-refractivity contribution in [1.29, 1.82) is 0 Å². The fourth-order valence-corrected chi connectivity index (χ4v) is 3.71.